The van der Waals surface area contributed by atoms with Gasteiger partial charge in [0.2, 0.25) is 11.8 Å². The molecule has 2 amide bonds. The fourth-order valence-electron chi connectivity index (χ4n) is 2.55. The molecule has 114 valence electrons. The Hall–Kier alpha value is -2.63. The minimum absolute atomic E-state index is 0.000103. The van der Waals surface area contributed by atoms with Gasteiger partial charge in [0.05, 0.1) is 17.9 Å². The molecule has 0 aliphatic carbocycles. The van der Waals surface area contributed by atoms with E-state index in [1.54, 1.807) is 17.0 Å². The van der Waals surface area contributed by atoms with Crippen LogP contribution >= 0.6 is 0 Å². The first-order valence-corrected chi connectivity index (χ1v) is 7.14. The number of likely N-dealkylation sites (tertiary alicyclic amines) is 1. The second kappa shape index (κ2) is 6.01. The molecule has 3 rings (SSSR count). The lowest BCUT2D eigenvalue weighted by molar-refractivity contribution is -0.131. The van der Waals surface area contributed by atoms with Crippen molar-refractivity contribution in [2.75, 3.05) is 18.4 Å². The monoisotopic (exact) mass is 301 g/mol. The molecule has 1 aliphatic heterocycles. The van der Waals surface area contributed by atoms with Crippen molar-refractivity contribution in [3.05, 3.63) is 48.5 Å². The fourth-order valence-corrected chi connectivity index (χ4v) is 2.55. The van der Waals surface area contributed by atoms with Crippen LogP contribution < -0.4 is 5.32 Å². The molecule has 2 aromatic rings. The van der Waals surface area contributed by atoms with Gasteiger partial charge in [-0.25, -0.2) is 4.39 Å². The van der Waals surface area contributed by atoms with E-state index in [9.17, 15) is 14.0 Å². The van der Waals surface area contributed by atoms with E-state index in [0.717, 1.165) is 6.42 Å². The Kier molecular flexibility index (Phi) is 3.91. The van der Waals surface area contributed by atoms with Gasteiger partial charge in [-0.3, -0.25) is 9.59 Å². The first kappa shape index (κ1) is 14.3. The predicted octanol–water partition coefficient (Wildman–Crippen LogP) is 2.18. The van der Waals surface area contributed by atoms with E-state index in [1.807, 2.05) is 12.1 Å². The van der Waals surface area contributed by atoms with Crippen molar-refractivity contribution in [3.8, 4) is 5.69 Å². The van der Waals surface area contributed by atoms with Crippen LogP contribution in [-0.4, -0.2) is 34.4 Å². The third-order valence-electron chi connectivity index (χ3n) is 3.62. The van der Waals surface area contributed by atoms with Gasteiger partial charge in [-0.2, -0.15) is 0 Å². The summed E-state index contributed by atoms with van der Waals surface area (Å²) in [6.45, 7) is 0.640. The van der Waals surface area contributed by atoms with Gasteiger partial charge in [0.15, 0.2) is 0 Å². The van der Waals surface area contributed by atoms with E-state index < -0.39 is 0 Å². The number of hydrogen-bond donors (Lipinski definition) is 1. The van der Waals surface area contributed by atoms with E-state index in [-0.39, 0.29) is 24.2 Å². The van der Waals surface area contributed by atoms with Crippen LogP contribution in [0.4, 0.5) is 10.1 Å². The summed E-state index contributed by atoms with van der Waals surface area (Å²) in [6, 6.07) is 7.81. The van der Waals surface area contributed by atoms with Crippen LogP contribution in [0.2, 0.25) is 0 Å². The molecule has 0 radical (unpaired) electrons. The number of amides is 2. The van der Waals surface area contributed by atoms with E-state index >= 15 is 0 Å². The number of hydrogen-bond acceptors (Lipinski definition) is 2. The summed E-state index contributed by atoms with van der Waals surface area (Å²) in [7, 11) is 0. The largest absolute Gasteiger partial charge is 0.333 e. The quantitative estimate of drug-likeness (QED) is 0.941. The fraction of sp³-hybridized carbons (Fsp3) is 0.250. The van der Waals surface area contributed by atoms with Crippen LogP contribution in [-0.2, 0) is 9.59 Å². The summed E-state index contributed by atoms with van der Waals surface area (Å²) in [5.74, 6) is -0.661. The number of nitrogens with one attached hydrogen (secondary N) is 1. The van der Waals surface area contributed by atoms with Gasteiger partial charge in [0.1, 0.15) is 5.82 Å². The molecule has 0 spiro atoms. The first-order chi connectivity index (χ1) is 10.6. The number of nitrogens with zero attached hydrogens (tertiary/aromatic N) is 2. The summed E-state index contributed by atoms with van der Waals surface area (Å²) in [4.78, 5) is 25.2. The molecule has 1 aromatic heterocycles. The topological polar surface area (TPSA) is 54.3 Å². The first-order valence-electron chi connectivity index (χ1n) is 7.14. The lowest BCUT2D eigenvalue weighted by Crippen LogP contribution is -2.34. The maximum atomic E-state index is 13.5. The van der Waals surface area contributed by atoms with Crippen LogP contribution in [0.1, 0.15) is 12.8 Å². The SMILES string of the molecule is O=C(CN1CCCC1=O)Nc1ccc(F)cc1-n1cccc1. The maximum Gasteiger partial charge on any atom is 0.244 e. The molecule has 0 bridgehead atoms. The standard InChI is InChI=1S/C16H16FN3O2/c17-12-5-6-13(14(10-12)19-7-1-2-8-19)18-15(21)11-20-9-3-4-16(20)22/h1-2,5-8,10H,3-4,9,11H2,(H,18,21). The van der Waals surface area contributed by atoms with Crippen molar-refractivity contribution in [3.63, 3.8) is 0 Å². The Morgan fingerprint density at radius 1 is 1.27 bits per heavy atom. The van der Waals surface area contributed by atoms with Gasteiger partial charge in [0.25, 0.3) is 0 Å². The predicted molar refractivity (Wildman–Crippen MR) is 80.2 cm³/mol. The Morgan fingerprint density at radius 2 is 2.05 bits per heavy atom. The lowest BCUT2D eigenvalue weighted by Gasteiger charge is -2.17. The molecule has 1 aromatic carbocycles. The van der Waals surface area contributed by atoms with Crippen molar-refractivity contribution >= 4 is 17.5 Å². The highest BCUT2D eigenvalue weighted by atomic mass is 19.1. The van der Waals surface area contributed by atoms with E-state index in [2.05, 4.69) is 5.32 Å². The zero-order valence-corrected chi connectivity index (χ0v) is 12.0. The van der Waals surface area contributed by atoms with E-state index in [4.69, 9.17) is 0 Å². The summed E-state index contributed by atoms with van der Waals surface area (Å²) >= 11 is 0. The molecule has 1 saturated heterocycles. The number of anilines is 1. The van der Waals surface area contributed by atoms with Gasteiger partial charge in [-0.1, -0.05) is 0 Å². The number of aromatic nitrogens is 1. The Balaban J connectivity index is 1.77. The molecule has 6 heteroatoms. The summed E-state index contributed by atoms with van der Waals surface area (Å²) in [5, 5.41) is 2.75. The van der Waals surface area contributed by atoms with Crippen LogP contribution in [0.25, 0.3) is 5.69 Å². The van der Waals surface area contributed by atoms with Crippen molar-refractivity contribution in [2.45, 2.75) is 12.8 Å². The Bertz CT molecular complexity index is 697. The summed E-state index contributed by atoms with van der Waals surface area (Å²) < 4.78 is 15.2. The highest BCUT2D eigenvalue weighted by Gasteiger charge is 2.22. The number of carbonyl (C=O) groups excluding carboxylic acids is 2. The zero-order chi connectivity index (χ0) is 15.5. The molecule has 1 aliphatic rings. The third-order valence-corrected chi connectivity index (χ3v) is 3.62. The molecule has 0 atom stereocenters. The average Bonchev–Trinajstić information content (AvgIpc) is 3.14. The van der Waals surface area contributed by atoms with Crippen molar-refractivity contribution < 1.29 is 14.0 Å². The van der Waals surface area contributed by atoms with Crippen LogP contribution in [0.5, 0.6) is 0 Å². The molecule has 5 nitrogen and oxygen atoms in total. The van der Waals surface area contributed by atoms with Crippen molar-refractivity contribution in [1.82, 2.24) is 9.47 Å². The zero-order valence-electron chi connectivity index (χ0n) is 12.0. The smallest absolute Gasteiger partial charge is 0.244 e. The Morgan fingerprint density at radius 3 is 2.73 bits per heavy atom. The number of benzene rings is 1. The Labute approximate surface area is 127 Å². The number of carbonyl (C=O) groups is 2. The molecule has 22 heavy (non-hydrogen) atoms. The van der Waals surface area contributed by atoms with Gasteiger partial charge < -0.3 is 14.8 Å². The molecule has 0 saturated carbocycles. The molecule has 1 N–H and O–H groups in total. The number of rotatable bonds is 4. The van der Waals surface area contributed by atoms with Crippen LogP contribution in [0.3, 0.4) is 0 Å². The lowest BCUT2D eigenvalue weighted by atomic mass is 10.2. The third kappa shape index (κ3) is 3.00. The van der Waals surface area contributed by atoms with Crippen LogP contribution in [0.15, 0.2) is 42.7 Å². The molecule has 2 heterocycles. The molecular formula is C16H16FN3O2. The average molecular weight is 301 g/mol. The number of halogens is 1. The van der Waals surface area contributed by atoms with E-state index in [0.29, 0.717) is 24.3 Å². The summed E-state index contributed by atoms with van der Waals surface area (Å²) in [5.41, 5.74) is 1.06. The van der Waals surface area contributed by atoms with E-state index in [1.165, 1.54) is 23.1 Å². The normalized spacial score (nSPS) is 14.4. The summed E-state index contributed by atoms with van der Waals surface area (Å²) in [6.07, 6.45) is 4.83. The minimum atomic E-state index is -0.378. The highest BCUT2D eigenvalue weighted by molar-refractivity contribution is 5.96. The van der Waals surface area contributed by atoms with Gasteiger partial charge in [0, 0.05) is 25.4 Å². The van der Waals surface area contributed by atoms with Gasteiger partial charge in [-0.05, 0) is 36.8 Å². The highest BCUT2D eigenvalue weighted by Crippen LogP contribution is 2.22. The maximum absolute atomic E-state index is 13.5. The molecule has 0 unspecified atom stereocenters. The minimum Gasteiger partial charge on any atom is -0.333 e. The molecular weight excluding hydrogens is 285 g/mol. The second-order valence-corrected chi connectivity index (χ2v) is 5.22. The second-order valence-electron chi connectivity index (χ2n) is 5.22. The van der Waals surface area contributed by atoms with Gasteiger partial charge >= 0.3 is 0 Å². The van der Waals surface area contributed by atoms with Crippen molar-refractivity contribution in [1.29, 1.82) is 0 Å². The van der Waals surface area contributed by atoms with Crippen molar-refractivity contribution in [2.24, 2.45) is 0 Å². The molecule has 1 fully saturated rings. The van der Waals surface area contributed by atoms with Gasteiger partial charge in [-0.15, -0.1) is 0 Å². The van der Waals surface area contributed by atoms with Crippen LogP contribution in [0, 0.1) is 5.82 Å².